The molecule has 0 radical (unpaired) electrons. The summed E-state index contributed by atoms with van der Waals surface area (Å²) in [4.78, 5) is 0. The molecule has 0 spiro atoms. The number of para-hydroxylation sites is 1. The highest BCUT2D eigenvalue weighted by atomic mass is 35.5. The molecule has 0 amide bonds. The summed E-state index contributed by atoms with van der Waals surface area (Å²) < 4.78 is 1.98. The molecule has 0 unspecified atom stereocenters. The second-order valence-electron chi connectivity index (χ2n) is 3.46. The van der Waals surface area contributed by atoms with Gasteiger partial charge >= 0.3 is 0 Å². The van der Waals surface area contributed by atoms with Crippen molar-refractivity contribution >= 4 is 22.5 Å². The average Bonchev–Trinajstić information content (AvgIpc) is 2.74. The van der Waals surface area contributed by atoms with Crippen LogP contribution in [0.3, 0.4) is 0 Å². The Hall–Kier alpha value is -1.87. The normalized spacial score (nSPS) is 10.8. The molecular weight excluding hydrogens is 222 g/mol. The van der Waals surface area contributed by atoms with Gasteiger partial charge in [0, 0.05) is 6.20 Å². The Labute approximate surface area is 97.3 Å². The van der Waals surface area contributed by atoms with E-state index in [1.54, 1.807) is 6.07 Å². The summed E-state index contributed by atoms with van der Waals surface area (Å²) in [5.74, 6) is 0.769. The maximum Gasteiger partial charge on any atom is 0.159 e. The molecule has 0 saturated heterocycles. The molecule has 0 aliphatic carbocycles. The average molecular weight is 230 g/mol. The van der Waals surface area contributed by atoms with Gasteiger partial charge < -0.3 is 0 Å². The van der Waals surface area contributed by atoms with E-state index < -0.39 is 0 Å². The lowest BCUT2D eigenvalue weighted by molar-refractivity contribution is 0.937. The minimum absolute atomic E-state index is 0.403. The van der Waals surface area contributed by atoms with Crippen LogP contribution in [0.15, 0.2) is 48.7 Å². The second kappa shape index (κ2) is 3.61. The van der Waals surface area contributed by atoms with Crippen LogP contribution in [0.1, 0.15) is 0 Å². The predicted octanol–water partition coefficient (Wildman–Crippen LogP) is 3.07. The minimum atomic E-state index is 0.403. The van der Waals surface area contributed by atoms with Gasteiger partial charge in [-0.15, -0.1) is 10.2 Å². The monoisotopic (exact) mass is 229 g/mol. The lowest BCUT2D eigenvalue weighted by Gasteiger charge is -2.02. The third-order valence-electron chi connectivity index (χ3n) is 2.46. The molecule has 3 aromatic rings. The Balaban J connectivity index is 2.22. The molecule has 0 saturated carbocycles. The zero-order valence-corrected chi connectivity index (χ0v) is 9.09. The number of aromatic nitrogens is 3. The number of hydrogen-bond donors (Lipinski definition) is 0. The van der Waals surface area contributed by atoms with E-state index in [1.807, 2.05) is 41.1 Å². The molecule has 16 heavy (non-hydrogen) atoms. The predicted molar refractivity (Wildman–Crippen MR) is 63.9 cm³/mol. The highest BCUT2D eigenvalue weighted by molar-refractivity contribution is 6.29. The van der Waals surface area contributed by atoms with Crippen LogP contribution < -0.4 is 0 Å². The summed E-state index contributed by atoms with van der Waals surface area (Å²) in [5.41, 5.74) is 1.11. The Bertz CT molecular complexity index is 628. The molecule has 3 rings (SSSR count). The van der Waals surface area contributed by atoms with Crippen molar-refractivity contribution in [3.8, 4) is 5.82 Å². The van der Waals surface area contributed by atoms with Gasteiger partial charge in [-0.1, -0.05) is 29.8 Å². The first kappa shape index (κ1) is 9.36. The molecule has 2 aromatic heterocycles. The van der Waals surface area contributed by atoms with E-state index in [-0.39, 0.29) is 0 Å². The first-order valence-corrected chi connectivity index (χ1v) is 5.28. The fourth-order valence-corrected chi connectivity index (χ4v) is 1.82. The SMILES string of the molecule is Clc1ccc(-n2ccc3ccccc32)nn1. The topological polar surface area (TPSA) is 30.7 Å². The largest absolute Gasteiger partial charge is 0.300 e. The number of rotatable bonds is 1. The van der Waals surface area contributed by atoms with Crippen molar-refractivity contribution in [3.05, 3.63) is 53.8 Å². The summed E-state index contributed by atoms with van der Waals surface area (Å²) in [7, 11) is 0. The lowest BCUT2D eigenvalue weighted by Crippen LogP contribution is -1.96. The molecule has 0 atom stereocenters. The minimum Gasteiger partial charge on any atom is -0.300 e. The third-order valence-corrected chi connectivity index (χ3v) is 2.67. The zero-order valence-electron chi connectivity index (χ0n) is 8.34. The van der Waals surface area contributed by atoms with Gasteiger partial charge in [0.2, 0.25) is 0 Å². The van der Waals surface area contributed by atoms with Gasteiger partial charge in [0.05, 0.1) is 5.52 Å². The van der Waals surface area contributed by atoms with Crippen LogP contribution in [0.25, 0.3) is 16.7 Å². The molecule has 78 valence electrons. The fourth-order valence-electron chi connectivity index (χ4n) is 1.72. The van der Waals surface area contributed by atoms with E-state index in [0.29, 0.717) is 5.15 Å². The highest BCUT2D eigenvalue weighted by Gasteiger charge is 2.03. The molecule has 0 aliphatic rings. The van der Waals surface area contributed by atoms with Crippen molar-refractivity contribution in [1.29, 1.82) is 0 Å². The van der Waals surface area contributed by atoms with Gasteiger partial charge in [0.1, 0.15) is 0 Å². The van der Waals surface area contributed by atoms with Crippen molar-refractivity contribution in [2.45, 2.75) is 0 Å². The van der Waals surface area contributed by atoms with Crippen LogP contribution in [0.2, 0.25) is 5.15 Å². The quantitative estimate of drug-likeness (QED) is 0.642. The first-order chi connectivity index (χ1) is 7.84. The van der Waals surface area contributed by atoms with E-state index in [4.69, 9.17) is 11.6 Å². The van der Waals surface area contributed by atoms with Crippen LogP contribution in [0.4, 0.5) is 0 Å². The van der Waals surface area contributed by atoms with Crippen LogP contribution in [-0.4, -0.2) is 14.8 Å². The summed E-state index contributed by atoms with van der Waals surface area (Å²) in [5, 5.41) is 9.47. The van der Waals surface area contributed by atoms with E-state index in [0.717, 1.165) is 11.3 Å². The van der Waals surface area contributed by atoms with Gasteiger partial charge in [0.15, 0.2) is 11.0 Å². The third kappa shape index (κ3) is 1.46. The molecule has 4 heteroatoms. The molecule has 0 N–H and O–H groups in total. The Morgan fingerprint density at radius 2 is 1.81 bits per heavy atom. The lowest BCUT2D eigenvalue weighted by atomic mass is 10.2. The maximum absolute atomic E-state index is 5.71. The summed E-state index contributed by atoms with van der Waals surface area (Å²) >= 11 is 5.71. The number of benzene rings is 1. The summed E-state index contributed by atoms with van der Waals surface area (Å²) in [6.45, 7) is 0. The van der Waals surface area contributed by atoms with Gasteiger partial charge in [-0.25, -0.2) is 0 Å². The van der Waals surface area contributed by atoms with Gasteiger partial charge in [-0.05, 0) is 29.7 Å². The van der Waals surface area contributed by atoms with E-state index in [2.05, 4.69) is 16.3 Å². The van der Waals surface area contributed by atoms with E-state index in [1.165, 1.54) is 5.39 Å². The molecule has 0 aliphatic heterocycles. The van der Waals surface area contributed by atoms with Gasteiger partial charge in [-0.2, -0.15) is 0 Å². The Kier molecular flexibility index (Phi) is 2.11. The summed E-state index contributed by atoms with van der Waals surface area (Å²) in [6.07, 6.45) is 1.97. The van der Waals surface area contributed by atoms with Crippen molar-refractivity contribution in [2.24, 2.45) is 0 Å². The Morgan fingerprint density at radius 1 is 0.938 bits per heavy atom. The van der Waals surface area contributed by atoms with E-state index in [9.17, 15) is 0 Å². The van der Waals surface area contributed by atoms with Gasteiger partial charge in [0.25, 0.3) is 0 Å². The number of hydrogen-bond acceptors (Lipinski definition) is 2. The summed E-state index contributed by atoms with van der Waals surface area (Å²) in [6, 6.07) is 13.8. The Morgan fingerprint density at radius 3 is 2.62 bits per heavy atom. The molecule has 0 bridgehead atoms. The zero-order chi connectivity index (χ0) is 11.0. The smallest absolute Gasteiger partial charge is 0.159 e. The highest BCUT2D eigenvalue weighted by Crippen LogP contribution is 2.18. The molecule has 3 nitrogen and oxygen atoms in total. The van der Waals surface area contributed by atoms with Gasteiger partial charge in [-0.3, -0.25) is 4.57 Å². The second-order valence-corrected chi connectivity index (χ2v) is 3.85. The maximum atomic E-state index is 5.71. The molecule has 0 fully saturated rings. The van der Waals surface area contributed by atoms with Crippen LogP contribution in [-0.2, 0) is 0 Å². The molecule has 1 aromatic carbocycles. The van der Waals surface area contributed by atoms with E-state index >= 15 is 0 Å². The van der Waals surface area contributed by atoms with Crippen LogP contribution in [0, 0.1) is 0 Å². The first-order valence-electron chi connectivity index (χ1n) is 4.90. The van der Waals surface area contributed by atoms with Crippen molar-refractivity contribution in [3.63, 3.8) is 0 Å². The number of nitrogens with zero attached hydrogens (tertiary/aromatic N) is 3. The molecule has 2 heterocycles. The van der Waals surface area contributed by atoms with Crippen LogP contribution in [0.5, 0.6) is 0 Å². The standard InChI is InChI=1S/C12H8ClN3/c13-11-5-6-12(15-14-11)16-8-7-9-3-1-2-4-10(9)16/h1-8H. The number of fused-ring (bicyclic) bond motifs is 1. The molecular formula is C12H8ClN3. The van der Waals surface area contributed by atoms with Crippen LogP contribution >= 0.6 is 11.6 Å². The van der Waals surface area contributed by atoms with Crippen molar-refractivity contribution in [1.82, 2.24) is 14.8 Å². The van der Waals surface area contributed by atoms with Crippen molar-refractivity contribution < 1.29 is 0 Å². The van der Waals surface area contributed by atoms with Crippen molar-refractivity contribution in [2.75, 3.05) is 0 Å². The number of halogens is 1. The fraction of sp³-hybridized carbons (Fsp3) is 0.